The average molecular weight is 727 g/mol. The second-order valence-corrected chi connectivity index (χ2v) is 11.6. The number of ether oxygens (including phenoxy) is 2. The first-order chi connectivity index (χ1) is 20.1. The standard InChI is InChI=1S/C36H25N3O2.Pt/c1-36(2)28-16-15-24(20-30(28)39-33-26(12-6-14-29(33)36)27-13-7-17-37-34(27)39)40-23-10-5-9-22(18-23)35-38-32-25-11-4-3-8-21(25)19-31(32)41-35;/h3-17,31-32H,19H2,1-2H3;/q-2;+2/t31-,32+;/m0./s1. The van der Waals surface area contributed by atoms with Crippen LogP contribution in [0.25, 0.3) is 27.6 Å². The van der Waals surface area contributed by atoms with E-state index in [4.69, 9.17) is 19.5 Å². The Morgan fingerprint density at radius 1 is 0.857 bits per heavy atom. The normalized spacial score (nSPS) is 19.0. The molecule has 6 heteroatoms. The molecule has 2 aliphatic heterocycles. The van der Waals surface area contributed by atoms with E-state index in [1.807, 2.05) is 36.5 Å². The maximum atomic E-state index is 6.38. The van der Waals surface area contributed by atoms with Crippen LogP contribution in [0.1, 0.15) is 47.7 Å². The summed E-state index contributed by atoms with van der Waals surface area (Å²) >= 11 is 0. The van der Waals surface area contributed by atoms with Crippen molar-refractivity contribution in [2.75, 3.05) is 0 Å². The summed E-state index contributed by atoms with van der Waals surface area (Å²) in [5, 5.41) is 2.34. The van der Waals surface area contributed by atoms with Gasteiger partial charge in [-0.2, -0.15) is 6.07 Å². The Bertz CT molecular complexity index is 2090. The molecule has 0 unspecified atom stereocenters. The van der Waals surface area contributed by atoms with Gasteiger partial charge in [0.25, 0.3) is 0 Å². The van der Waals surface area contributed by atoms with Crippen LogP contribution >= 0.6 is 0 Å². The predicted octanol–water partition coefficient (Wildman–Crippen LogP) is 7.65. The van der Waals surface area contributed by atoms with Gasteiger partial charge in [-0.1, -0.05) is 73.6 Å². The molecule has 2 aromatic heterocycles. The van der Waals surface area contributed by atoms with E-state index in [-0.39, 0.29) is 38.6 Å². The molecule has 0 saturated heterocycles. The van der Waals surface area contributed by atoms with Gasteiger partial charge in [-0.25, -0.2) is 4.98 Å². The van der Waals surface area contributed by atoms with E-state index < -0.39 is 0 Å². The third kappa shape index (κ3) is 3.53. The summed E-state index contributed by atoms with van der Waals surface area (Å²) in [4.78, 5) is 9.73. The van der Waals surface area contributed by atoms with Crippen molar-refractivity contribution in [3.05, 3.63) is 131 Å². The van der Waals surface area contributed by atoms with E-state index >= 15 is 0 Å². The molecule has 2 atom stereocenters. The molecule has 0 fully saturated rings. The number of fused-ring (bicyclic) bond motifs is 8. The number of pyridine rings is 1. The van der Waals surface area contributed by atoms with E-state index in [1.165, 1.54) is 33.2 Å². The second-order valence-electron chi connectivity index (χ2n) is 11.6. The minimum absolute atomic E-state index is 0. The maximum Gasteiger partial charge on any atom is 2.00 e. The Morgan fingerprint density at radius 3 is 2.62 bits per heavy atom. The van der Waals surface area contributed by atoms with Crippen molar-refractivity contribution in [3.8, 4) is 17.2 Å². The van der Waals surface area contributed by atoms with E-state index in [2.05, 4.69) is 85.1 Å². The Morgan fingerprint density at radius 2 is 1.69 bits per heavy atom. The molecule has 0 bridgehead atoms. The summed E-state index contributed by atoms with van der Waals surface area (Å²) in [5.74, 6) is 1.84. The van der Waals surface area contributed by atoms with E-state index in [0.29, 0.717) is 17.4 Å². The minimum atomic E-state index is -0.199. The number of benzene rings is 4. The van der Waals surface area contributed by atoms with Crippen LogP contribution in [0.5, 0.6) is 11.5 Å². The SMILES string of the molecule is CC1(C)c2ccc(Oc3[c-]c(C4=N[C@@H]5c6ccccc6C[C@@H]5O4)ccc3)[c-]c2-n2c3ncccc3c3cccc1c32.[Pt+2]. The van der Waals surface area contributed by atoms with Crippen molar-refractivity contribution in [3.63, 3.8) is 0 Å². The third-order valence-electron chi connectivity index (χ3n) is 8.90. The van der Waals surface area contributed by atoms with Gasteiger partial charge in [-0.15, -0.1) is 35.9 Å². The molecule has 9 rings (SSSR count). The van der Waals surface area contributed by atoms with E-state index in [0.717, 1.165) is 28.7 Å². The quantitative estimate of drug-likeness (QED) is 0.176. The van der Waals surface area contributed by atoms with Gasteiger partial charge >= 0.3 is 21.1 Å². The fourth-order valence-corrected chi connectivity index (χ4v) is 6.94. The molecule has 0 N–H and O–H groups in total. The van der Waals surface area contributed by atoms with E-state index in [9.17, 15) is 0 Å². The number of hydrogen-bond acceptors (Lipinski definition) is 4. The Hall–Kier alpha value is -4.21. The average Bonchev–Trinajstić information content (AvgIpc) is 3.66. The summed E-state index contributed by atoms with van der Waals surface area (Å²) in [6.45, 7) is 4.55. The zero-order valence-electron chi connectivity index (χ0n) is 23.0. The van der Waals surface area contributed by atoms with Crippen LogP contribution < -0.4 is 4.74 Å². The summed E-state index contributed by atoms with van der Waals surface area (Å²) in [6.07, 6.45) is 2.78. The van der Waals surface area contributed by atoms with Crippen molar-refractivity contribution in [1.29, 1.82) is 0 Å². The van der Waals surface area contributed by atoms with Crippen molar-refractivity contribution in [2.24, 2.45) is 4.99 Å². The molecule has 0 amide bonds. The zero-order valence-corrected chi connectivity index (χ0v) is 25.3. The van der Waals surface area contributed by atoms with Crippen LogP contribution in [0.15, 0.2) is 96.1 Å². The Labute approximate surface area is 258 Å². The molecular formula is C36H25N3O2Pt. The summed E-state index contributed by atoms with van der Waals surface area (Å²) in [7, 11) is 0. The Balaban J connectivity index is 0.00000267. The van der Waals surface area contributed by atoms with Gasteiger partial charge in [0.2, 0.25) is 0 Å². The van der Waals surface area contributed by atoms with Gasteiger partial charge in [0.1, 0.15) is 23.7 Å². The van der Waals surface area contributed by atoms with Crippen molar-refractivity contribution < 1.29 is 30.5 Å². The molecule has 3 aliphatic rings. The monoisotopic (exact) mass is 726 g/mol. The zero-order chi connectivity index (χ0) is 27.3. The largest absolute Gasteiger partial charge is 2.00 e. The molecule has 0 spiro atoms. The molecule has 0 radical (unpaired) electrons. The molecule has 4 aromatic carbocycles. The molecular weight excluding hydrogens is 701 g/mol. The fraction of sp³-hybridized carbons (Fsp3) is 0.167. The number of aromatic nitrogens is 2. The van der Waals surface area contributed by atoms with Crippen LogP contribution in [0.4, 0.5) is 0 Å². The first kappa shape index (κ1) is 25.5. The van der Waals surface area contributed by atoms with Crippen molar-refractivity contribution in [2.45, 2.75) is 37.8 Å². The maximum absolute atomic E-state index is 6.38. The Kier molecular flexibility index (Phi) is 5.55. The molecule has 4 heterocycles. The smallest absolute Gasteiger partial charge is 0.514 e. The van der Waals surface area contributed by atoms with Gasteiger partial charge in [-0.05, 0) is 34.2 Å². The molecule has 6 aromatic rings. The first-order valence-corrected chi connectivity index (χ1v) is 14.0. The van der Waals surface area contributed by atoms with Crippen LogP contribution in [0.3, 0.4) is 0 Å². The number of para-hydroxylation sites is 1. The van der Waals surface area contributed by atoms with Gasteiger partial charge in [0, 0.05) is 34.9 Å². The summed E-state index contributed by atoms with van der Waals surface area (Å²) < 4.78 is 14.9. The van der Waals surface area contributed by atoms with Crippen molar-refractivity contribution in [1.82, 2.24) is 9.55 Å². The summed E-state index contributed by atoms with van der Waals surface area (Å²) in [5.41, 5.74) is 8.73. The summed E-state index contributed by atoms with van der Waals surface area (Å²) in [6, 6.07) is 36.2. The number of nitrogens with zero attached hydrogens (tertiary/aromatic N) is 3. The van der Waals surface area contributed by atoms with Crippen LogP contribution in [-0.4, -0.2) is 21.6 Å². The van der Waals surface area contributed by atoms with Crippen molar-refractivity contribution >= 4 is 27.8 Å². The van der Waals surface area contributed by atoms with Gasteiger partial charge in [-0.3, -0.25) is 4.99 Å². The van der Waals surface area contributed by atoms with Gasteiger partial charge < -0.3 is 14.0 Å². The fourth-order valence-electron chi connectivity index (χ4n) is 6.94. The number of aliphatic imine (C=N–C) groups is 1. The molecule has 0 saturated carbocycles. The second kappa shape index (κ2) is 9.14. The third-order valence-corrected chi connectivity index (χ3v) is 8.90. The number of rotatable bonds is 3. The van der Waals surface area contributed by atoms with E-state index in [1.54, 1.807) is 0 Å². The van der Waals surface area contributed by atoms with Crippen LogP contribution in [0.2, 0.25) is 0 Å². The topological polar surface area (TPSA) is 48.6 Å². The molecule has 1 aliphatic carbocycles. The molecule has 5 nitrogen and oxygen atoms in total. The minimum Gasteiger partial charge on any atom is -0.514 e. The molecule has 206 valence electrons. The molecule has 42 heavy (non-hydrogen) atoms. The van der Waals surface area contributed by atoms with Crippen LogP contribution in [0, 0.1) is 12.1 Å². The first-order valence-electron chi connectivity index (χ1n) is 14.0. The predicted molar refractivity (Wildman–Crippen MR) is 159 cm³/mol. The van der Waals surface area contributed by atoms with Gasteiger partial charge in [0.05, 0.1) is 5.52 Å². The number of hydrogen-bond donors (Lipinski definition) is 0. The van der Waals surface area contributed by atoms with Crippen LogP contribution in [-0.2, 0) is 37.6 Å². The van der Waals surface area contributed by atoms with Gasteiger partial charge in [0.15, 0.2) is 0 Å².